The fourth-order valence-corrected chi connectivity index (χ4v) is 1.63. The summed E-state index contributed by atoms with van der Waals surface area (Å²) in [4.78, 5) is 20.1. The lowest BCUT2D eigenvalue weighted by Crippen LogP contribution is -2.40. The molecule has 2 heterocycles. The van der Waals surface area contributed by atoms with Crippen molar-refractivity contribution in [2.45, 2.75) is 13.0 Å². The van der Waals surface area contributed by atoms with Gasteiger partial charge in [0.05, 0.1) is 18.4 Å². The number of imidazole rings is 1. The number of aryl methyl sites for hydroxylation is 1. The van der Waals surface area contributed by atoms with Gasteiger partial charge in [-0.1, -0.05) is 6.07 Å². The van der Waals surface area contributed by atoms with Crippen LogP contribution in [-0.2, 0) is 24.8 Å². The van der Waals surface area contributed by atoms with Crippen LogP contribution in [0.15, 0.2) is 37.1 Å². The summed E-state index contributed by atoms with van der Waals surface area (Å²) in [5.41, 5.74) is 4.83. The summed E-state index contributed by atoms with van der Waals surface area (Å²) in [6.07, 6.45) is 7.30. The zero-order chi connectivity index (χ0) is 13.7. The van der Waals surface area contributed by atoms with E-state index in [0.717, 1.165) is 11.3 Å². The third-order valence-electron chi connectivity index (χ3n) is 2.71. The highest BCUT2D eigenvalue weighted by Crippen LogP contribution is 1.99. The first-order chi connectivity index (χ1) is 9.15. The van der Waals surface area contributed by atoms with Crippen molar-refractivity contribution in [3.63, 3.8) is 0 Å². The van der Waals surface area contributed by atoms with Crippen molar-refractivity contribution in [1.29, 1.82) is 0 Å². The second-order valence-corrected chi connectivity index (χ2v) is 4.36. The molecule has 0 saturated heterocycles. The first-order valence-electron chi connectivity index (χ1n) is 6.01. The smallest absolute Gasteiger partial charge is 0.242 e. The van der Waals surface area contributed by atoms with Gasteiger partial charge in [0.2, 0.25) is 5.91 Å². The van der Waals surface area contributed by atoms with E-state index in [2.05, 4.69) is 15.4 Å². The summed E-state index contributed by atoms with van der Waals surface area (Å²) in [5, 5.41) is 1.49. The van der Waals surface area contributed by atoms with E-state index in [0.29, 0.717) is 6.54 Å². The Balaban J connectivity index is 0.00000200. The molecule has 0 aliphatic heterocycles. The first kappa shape index (κ1) is 16.1. The van der Waals surface area contributed by atoms with Crippen LogP contribution in [0, 0.1) is 0 Å². The molecule has 2 rings (SSSR count). The molecule has 0 atom stereocenters. The molecule has 0 bridgehead atoms. The Hall–Kier alpha value is -1.92. The van der Waals surface area contributed by atoms with E-state index in [1.807, 2.05) is 29.9 Å². The summed E-state index contributed by atoms with van der Waals surface area (Å²) in [6.45, 7) is 0.568. The highest BCUT2D eigenvalue weighted by molar-refractivity contribution is 5.85. The summed E-state index contributed by atoms with van der Waals surface area (Å²) in [7, 11) is 3.59. The minimum absolute atomic E-state index is 0. The highest BCUT2D eigenvalue weighted by atomic mass is 35.5. The lowest BCUT2D eigenvalue weighted by atomic mass is 10.3. The Bertz CT molecular complexity index is 543. The fraction of sp³-hybridized carbons (Fsp3) is 0.308. The predicted octanol–water partition coefficient (Wildman–Crippen LogP) is 0.943. The number of halogens is 1. The van der Waals surface area contributed by atoms with Crippen molar-refractivity contribution in [2.75, 3.05) is 7.05 Å². The zero-order valence-electron chi connectivity index (χ0n) is 11.5. The SMILES string of the molecule is CN(NCc1cccnc1)C(=O)Cc1cn(C)cn1.Cl. The number of nitrogens with one attached hydrogen (secondary N) is 1. The molecule has 20 heavy (non-hydrogen) atoms. The third kappa shape index (κ3) is 4.64. The van der Waals surface area contributed by atoms with Crippen LogP contribution in [0.2, 0.25) is 0 Å². The molecule has 0 spiro atoms. The van der Waals surface area contributed by atoms with Gasteiger partial charge in [-0.25, -0.2) is 10.4 Å². The number of carbonyl (C=O) groups is 1. The van der Waals surface area contributed by atoms with Crippen LogP contribution in [-0.4, -0.2) is 32.5 Å². The Labute approximate surface area is 124 Å². The van der Waals surface area contributed by atoms with E-state index in [-0.39, 0.29) is 24.7 Å². The van der Waals surface area contributed by atoms with Gasteiger partial charge in [-0.3, -0.25) is 14.8 Å². The number of carbonyl (C=O) groups excluding carboxylic acids is 1. The summed E-state index contributed by atoms with van der Waals surface area (Å²) in [5.74, 6) is -0.0254. The number of aromatic nitrogens is 3. The molecule has 2 aromatic rings. The largest absolute Gasteiger partial charge is 0.340 e. The van der Waals surface area contributed by atoms with E-state index in [1.165, 1.54) is 5.01 Å². The topological polar surface area (TPSA) is 63.1 Å². The van der Waals surface area contributed by atoms with Crippen LogP contribution in [0.4, 0.5) is 0 Å². The fourth-order valence-electron chi connectivity index (χ4n) is 1.63. The van der Waals surface area contributed by atoms with Gasteiger partial charge < -0.3 is 4.57 Å². The average molecular weight is 296 g/mol. The van der Waals surface area contributed by atoms with Gasteiger partial charge in [-0.15, -0.1) is 12.4 Å². The Morgan fingerprint density at radius 2 is 2.30 bits per heavy atom. The van der Waals surface area contributed by atoms with Gasteiger partial charge in [0.15, 0.2) is 0 Å². The van der Waals surface area contributed by atoms with Gasteiger partial charge in [0, 0.05) is 39.2 Å². The van der Waals surface area contributed by atoms with Crippen LogP contribution < -0.4 is 5.43 Å². The van der Waals surface area contributed by atoms with Gasteiger partial charge >= 0.3 is 0 Å². The molecular formula is C13H18ClN5O. The van der Waals surface area contributed by atoms with Crippen LogP contribution in [0.25, 0.3) is 0 Å². The lowest BCUT2D eigenvalue weighted by Gasteiger charge is -2.17. The number of hydrazine groups is 1. The Morgan fingerprint density at radius 3 is 2.90 bits per heavy atom. The average Bonchev–Trinajstić information content (AvgIpc) is 2.82. The van der Waals surface area contributed by atoms with Crippen molar-refractivity contribution in [2.24, 2.45) is 7.05 Å². The molecule has 0 aliphatic rings. The van der Waals surface area contributed by atoms with E-state index in [1.54, 1.807) is 25.8 Å². The van der Waals surface area contributed by atoms with Crippen molar-refractivity contribution in [3.05, 3.63) is 48.3 Å². The second-order valence-electron chi connectivity index (χ2n) is 4.36. The molecule has 0 aromatic carbocycles. The van der Waals surface area contributed by atoms with Crippen molar-refractivity contribution in [1.82, 2.24) is 25.0 Å². The Kier molecular flexibility index (Phi) is 6.14. The Morgan fingerprint density at radius 1 is 1.50 bits per heavy atom. The lowest BCUT2D eigenvalue weighted by molar-refractivity contribution is -0.132. The number of hydrogen-bond acceptors (Lipinski definition) is 4. The van der Waals surface area contributed by atoms with Crippen molar-refractivity contribution in [3.8, 4) is 0 Å². The second kappa shape index (κ2) is 7.62. The number of rotatable bonds is 5. The summed E-state index contributed by atoms with van der Waals surface area (Å²) in [6, 6.07) is 3.82. The van der Waals surface area contributed by atoms with Gasteiger partial charge in [-0.05, 0) is 11.6 Å². The van der Waals surface area contributed by atoms with E-state index in [9.17, 15) is 4.79 Å². The normalized spacial score (nSPS) is 9.90. The van der Waals surface area contributed by atoms with E-state index < -0.39 is 0 Å². The van der Waals surface area contributed by atoms with Crippen LogP contribution in [0.3, 0.4) is 0 Å². The van der Waals surface area contributed by atoms with Crippen molar-refractivity contribution < 1.29 is 4.79 Å². The maximum atomic E-state index is 11.9. The maximum Gasteiger partial charge on any atom is 0.242 e. The molecule has 7 heteroatoms. The molecule has 2 aromatic heterocycles. The quantitative estimate of drug-likeness (QED) is 0.834. The standard InChI is InChI=1S/C13H17N5O.ClH/c1-17-9-12(15-10-17)6-13(19)18(2)16-8-11-4-3-5-14-7-11;/h3-5,7,9-10,16H,6,8H2,1-2H3;1H. The molecule has 1 amide bonds. The van der Waals surface area contributed by atoms with E-state index >= 15 is 0 Å². The molecule has 6 nitrogen and oxygen atoms in total. The summed E-state index contributed by atoms with van der Waals surface area (Å²) >= 11 is 0. The van der Waals surface area contributed by atoms with Crippen LogP contribution >= 0.6 is 12.4 Å². The molecular weight excluding hydrogens is 278 g/mol. The zero-order valence-corrected chi connectivity index (χ0v) is 12.3. The number of hydrogen-bond donors (Lipinski definition) is 1. The highest BCUT2D eigenvalue weighted by Gasteiger charge is 2.10. The number of nitrogens with zero attached hydrogens (tertiary/aromatic N) is 4. The van der Waals surface area contributed by atoms with Gasteiger partial charge in [-0.2, -0.15) is 0 Å². The number of likely N-dealkylation sites (N-methyl/N-ethyl adjacent to an activating group) is 1. The van der Waals surface area contributed by atoms with Crippen LogP contribution in [0.5, 0.6) is 0 Å². The first-order valence-corrected chi connectivity index (χ1v) is 6.01. The molecule has 108 valence electrons. The molecule has 0 fully saturated rings. The van der Waals surface area contributed by atoms with Crippen LogP contribution in [0.1, 0.15) is 11.3 Å². The summed E-state index contributed by atoms with van der Waals surface area (Å²) < 4.78 is 1.83. The maximum absolute atomic E-state index is 11.9. The number of amides is 1. The van der Waals surface area contributed by atoms with E-state index in [4.69, 9.17) is 0 Å². The molecule has 1 N–H and O–H groups in total. The predicted molar refractivity (Wildman–Crippen MR) is 78.0 cm³/mol. The molecule has 0 unspecified atom stereocenters. The van der Waals surface area contributed by atoms with Gasteiger partial charge in [0.25, 0.3) is 0 Å². The molecule has 0 saturated carbocycles. The molecule has 0 aliphatic carbocycles. The molecule has 0 radical (unpaired) electrons. The monoisotopic (exact) mass is 295 g/mol. The van der Waals surface area contributed by atoms with Crippen molar-refractivity contribution >= 4 is 18.3 Å². The third-order valence-corrected chi connectivity index (χ3v) is 2.71. The minimum atomic E-state index is -0.0254. The number of pyridine rings is 1. The minimum Gasteiger partial charge on any atom is -0.340 e. The van der Waals surface area contributed by atoms with Gasteiger partial charge in [0.1, 0.15) is 0 Å².